The summed E-state index contributed by atoms with van der Waals surface area (Å²) in [6.07, 6.45) is 1.72. The van der Waals surface area contributed by atoms with Gasteiger partial charge >= 0.3 is 6.03 Å². The van der Waals surface area contributed by atoms with Crippen LogP contribution in [0.5, 0.6) is 0 Å². The second kappa shape index (κ2) is 10.1. The molecule has 2 aromatic carbocycles. The number of carbonyl (C=O) groups is 2. The van der Waals surface area contributed by atoms with Crippen LogP contribution >= 0.6 is 0 Å². The Bertz CT molecular complexity index is 999. The summed E-state index contributed by atoms with van der Waals surface area (Å²) in [7, 11) is -3.65. The van der Waals surface area contributed by atoms with Crippen molar-refractivity contribution < 1.29 is 18.0 Å². The molecule has 0 unspecified atom stereocenters. The Morgan fingerprint density at radius 1 is 0.968 bits per heavy atom. The van der Waals surface area contributed by atoms with Crippen molar-refractivity contribution in [1.29, 1.82) is 0 Å². The summed E-state index contributed by atoms with van der Waals surface area (Å²) >= 11 is 0. The molecule has 2 aromatic rings. The maximum atomic E-state index is 12.9. The van der Waals surface area contributed by atoms with Crippen molar-refractivity contribution in [2.75, 3.05) is 26.2 Å². The van der Waals surface area contributed by atoms with Crippen LogP contribution in [-0.2, 0) is 16.4 Å². The third-order valence-electron chi connectivity index (χ3n) is 5.50. The number of Topliss-reactive ketones (excluding diaryl/α,β-unsaturated/α-hetero) is 1. The highest BCUT2D eigenvalue weighted by molar-refractivity contribution is 7.89. The van der Waals surface area contributed by atoms with Crippen LogP contribution < -0.4 is 5.32 Å². The number of nitrogens with one attached hydrogen (secondary N) is 1. The summed E-state index contributed by atoms with van der Waals surface area (Å²) in [4.78, 5) is 25.8. The minimum Gasteiger partial charge on any atom is -0.336 e. The van der Waals surface area contributed by atoms with Gasteiger partial charge in [0.1, 0.15) is 0 Å². The van der Waals surface area contributed by atoms with E-state index in [9.17, 15) is 18.0 Å². The predicted octanol–water partition coefficient (Wildman–Crippen LogP) is 2.93. The molecule has 1 fully saturated rings. The summed E-state index contributed by atoms with van der Waals surface area (Å²) in [6.45, 7) is 4.57. The molecule has 0 radical (unpaired) electrons. The van der Waals surface area contributed by atoms with Crippen molar-refractivity contribution in [1.82, 2.24) is 14.5 Å². The summed E-state index contributed by atoms with van der Waals surface area (Å²) < 4.78 is 27.1. The molecule has 2 amide bonds. The van der Waals surface area contributed by atoms with Gasteiger partial charge in [-0.15, -0.1) is 0 Å². The number of benzene rings is 2. The predicted molar refractivity (Wildman–Crippen MR) is 120 cm³/mol. The van der Waals surface area contributed by atoms with E-state index in [1.54, 1.807) is 4.90 Å². The summed E-state index contributed by atoms with van der Waals surface area (Å²) in [5.74, 6) is -0.110. The van der Waals surface area contributed by atoms with E-state index in [0.717, 1.165) is 12.8 Å². The molecule has 31 heavy (non-hydrogen) atoms. The maximum Gasteiger partial charge on any atom is 0.317 e. The molecule has 3 rings (SSSR count). The largest absolute Gasteiger partial charge is 0.336 e. The van der Waals surface area contributed by atoms with Crippen molar-refractivity contribution in [3.8, 4) is 0 Å². The van der Waals surface area contributed by atoms with Gasteiger partial charge in [-0.3, -0.25) is 4.79 Å². The van der Waals surface area contributed by atoms with E-state index in [4.69, 9.17) is 0 Å². The molecule has 7 nitrogen and oxygen atoms in total. The summed E-state index contributed by atoms with van der Waals surface area (Å²) in [5, 5.41) is 3.01. The smallest absolute Gasteiger partial charge is 0.317 e. The van der Waals surface area contributed by atoms with Crippen molar-refractivity contribution in [2.24, 2.45) is 0 Å². The molecule has 166 valence electrons. The van der Waals surface area contributed by atoms with Crippen LogP contribution in [0.25, 0.3) is 0 Å². The van der Waals surface area contributed by atoms with E-state index in [1.165, 1.54) is 41.1 Å². The average molecular weight is 444 g/mol. The number of amides is 2. The Balaban J connectivity index is 1.50. The summed E-state index contributed by atoms with van der Waals surface area (Å²) in [6, 6.07) is 16.0. The molecule has 1 aliphatic rings. The molecule has 1 saturated heterocycles. The number of rotatable bonds is 7. The lowest BCUT2D eigenvalue weighted by Crippen LogP contribution is -2.54. The molecule has 1 atom stereocenters. The van der Waals surface area contributed by atoms with Crippen LogP contribution in [0, 0.1) is 0 Å². The highest BCUT2D eigenvalue weighted by atomic mass is 32.2. The van der Waals surface area contributed by atoms with Gasteiger partial charge in [0.15, 0.2) is 5.78 Å². The van der Waals surface area contributed by atoms with Gasteiger partial charge in [0.05, 0.1) is 4.90 Å². The van der Waals surface area contributed by atoms with Crippen LogP contribution in [0.2, 0.25) is 0 Å². The topological polar surface area (TPSA) is 86.8 Å². The van der Waals surface area contributed by atoms with Crippen LogP contribution in [0.1, 0.15) is 36.2 Å². The molecular formula is C23H29N3O4S. The maximum absolute atomic E-state index is 12.9. The number of sulfonamides is 1. The number of hydrogen-bond acceptors (Lipinski definition) is 4. The zero-order valence-electron chi connectivity index (χ0n) is 18.0. The minimum atomic E-state index is -3.65. The van der Waals surface area contributed by atoms with Gasteiger partial charge in [-0.1, -0.05) is 42.5 Å². The standard InChI is InChI=1S/C23H29N3O4S/c1-18(8-9-20-6-4-3-5-7-20)24-23(28)25-14-16-26(17-15-25)31(29,30)22-12-10-21(11-13-22)19(2)27/h3-7,10-13,18H,8-9,14-17H2,1-2H3,(H,24,28)/t18-/m1/s1. The monoisotopic (exact) mass is 443 g/mol. The van der Waals surface area contributed by atoms with Crippen molar-refractivity contribution >= 4 is 21.8 Å². The van der Waals surface area contributed by atoms with E-state index in [0.29, 0.717) is 18.7 Å². The Hall–Kier alpha value is -2.71. The Morgan fingerprint density at radius 2 is 1.58 bits per heavy atom. The van der Waals surface area contributed by atoms with Gasteiger partial charge in [-0.25, -0.2) is 13.2 Å². The average Bonchev–Trinajstić information content (AvgIpc) is 2.78. The lowest BCUT2D eigenvalue weighted by atomic mass is 10.1. The Kier molecular flexibility index (Phi) is 7.46. The molecule has 1 N–H and O–H groups in total. The number of nitrogens with zero attached hydrogens (tertiary/aromatic N) is 2. The fraction of sp³-hybridized carbons (Fsp3) is 0.391. The molecule has 0 spiro atoms. The molecule has 1 heterocycles. The van der Waals surface area contributed by atoms with E-state index >= 15 is 0 Å². The quantitative estimate of drug-likeness (QED) is 0.667. The van der Waals surface area contributed by atoms with Gasteiger partial charge in [-0.05, 0) is 44.4 Å². The SMILES string of the molecule is CC(=O)c1ccc(S(=O)(=O)N2CCN(C(=O)N[C@H](C)CCc3ccccc3)CC2)cc1. The number of urea groups is 1. The van der Waals surface area contributed by atoms with Gasteiger partial charge in [-0.2, -0.15) is 4.31 Å². The van der Waals surface area contributed by atoms with Gasteiger partial charge in [0, 0.05) is 37.8 Å². The first-order valence-corrected chi connectivity index (χ1v) is 11.9. The molecule has 8 heteroatoms. The van der Waals surface area contributed by atoms with E-state index in [1.807, 2.05) is 25.1 Å². The zero-order chi connectivity index (χ0) is 22.4. The number of carbonyl (C=O) groups excluding carboxylic acids is 2. The van der Waals surface area contributed by atoms with Gasteiger partial charge in [0.2, 0.25) is 10.0 Å². The second-order valence-corrected chi connectivity index (χ2v) is 9.78. The zero-order valence-corrected chi connectivity index (χ0v) is 18.8. The van der Waals surface area contributed by atoms with Gasteiger partial charge < -0.3 is 10.2 Å². The third-order valence-corrected chi connectivity index (χ3v) is 7.42. The Labute approximate surface area is 184 Å². The molecular weight excluding hydrogens is 414 g/mol. The van der Waals surface area contributed by atoms with E-state index in [2.05, 4.69) is 17.4 Å². The first-order chi connectivity index (χ1) is 14.8. The molecule has 0 saturated carbocycles. The van der Waals surface area contributed by atoms with E-state index in [-0.39, 0.29) is 35.8 Å². The highest BCUT2D eigenvalue weighted by Gasteiger charge is 2.30. The molecule has 0 bridgehead atoms. The third kappa shape index (κ3) is 5.92. The summed E-state index contributed by atoms with van der Waals surface area (Å²) in [5.41, 5.74) is 1.71. The lowest BCUT2D eigenvalue weighted by molar-refractivity contribution is 0.101. The number of hydrogen-bond donors (Lipinski definition) is 1. The van der Waals surface area contributed by atoms with Crippen LogP contribution in [-0.4, -0.2) is 61.7 Å². The van der Waals surface area contributed by atoms with Crippen molar-refractivity contribution in [2.45, 2.75) is 37.6 Å². The molecule has 0 aromatic heterocycles. The Morgan fingerprint density at radius 3 is 2.16 bits per heavy atom. The van der Waals surface area contributed by atoms with Gasteiger partial charge in [0.25, 0.3) is 0 Å². The first-order valence-electron chi connectivity index (χ1n) is 10.5. The minimum absolute atomic E-state index is 0.0225. The first kappa shape index (κ1) is 23.0. The number of ketones is 1. The molecule has 1 aliphatic heterocycles. The fourth-order valence-electron chi connectivity index (χ4n) is 3.54. The van der Waals surface area contributed by atoms with Crippen LogP contribution in [0.15, 0.2) is 59.5 Å². The lowest BCUT2D eigenvalue weighted by Gasteiger charge is -2.34. The normalized spacial score (nSPS) is 16.0. The van der Waals surface area contributed by atoms with Crippen molar-refractivity contribution in [3.63, 3.8) is 0 Å². The van der Waals surface area contributed by atoms with E-state index < -0.39 is 10.0 Å². The van der Waals surface area contributed by atoms with Crippen molar-refractivity contribution in [3.05, 3.63) is 65.7 Å². The second-order valence-electron chi connectivity index (χ2n) is 7.85. The van der Waals surface area contributed by atoms with Crippen LogP contribution in [0.3, 0.4) is 0 Å². The number of aryl methyl sites for hydroxylation is 1. The number of piperazine rings is 1. The molecule has 0 aliphatic carbocycles. The fourth-order valence-corrected chi connectivity index (χ4v) is 4.97. The highest BCUT2D eigenvalue weighted by Crippen LogP contribution is 2.19. The van der Waals surface area contributed by atoms with Crippen LogP contribution in [0.4, 0.5) is 4.79 Å².